The van der Waals surface area contributed by atoms with Crippen LogP contribution in [-0.4, -0.2) is 30.4 Å². The average molecular weight is 253 g/mol. The molecule has 1 fully saturated rings. The number of halogens is 1. The van der Waals surface area contributed by atoms with Gasteiger partial charge in [0.05, 0.1) is 6.54 Å². The highest BCUT2D eigenvalue weighted by molar-refractivity contribution is 6.31. The van der Waals surface area contributed by atoms with Gasteiger partial charge in [-0.3, -0.25) is 4.79 Å². The van der Waals surface area contributed by atoms with Gasteiger partial charge in [-0.25, -0.2) is 0 Å². The van der Waals surface area contributed by atoms with E-state index in [-0.39, 0.29) is 5.91 Å². The molecule has 3 nitrogen and oxygen atoms in total. The Kier molecular flexibility index (Phi) is 4.02. The molecule has 17 heavy (non-hydrogen) atoms. The lowest BCUT2D eigenvalue weighted by molar-refractivity contribution is -0.129. The molecule has 1 aliphatic rings. The zero-order chi connectivity index (χ0) is 12.3. The number of amides is 1. The number of likely N-dealkylation sites (N-methyl/N-ethyl adjacent to an activating group) is 1. The summed E-state index contributed by atoms with van der Waals surface area (Å²) in [6.07, 6.45) is 2.29. The summed E-state index contributed by atoms with van der Waals surface area (Å²) in [4.78, 5) is 13.6. The van der Waals surface area contributed by atoms with Crippen molar-refractivity contribution in [2.45, 2.75) is 25.4 Å². The van der Waals surface area contributed by atoms with Crippen molar-refractivity contribution in [1.29, 1.82) is 0 Å². The van der Waals surface area contributed by atoms with Crippen LogP contribution in [-0.2, 0) is 11.3 Å². The van der Waals surface area contributed by atoms with Crippen LogP contribution in [0.1, 0.15) is 18.4 Å². The predicted molar refractivity (Wildman–Crippen MR) is 69.0 cm³/mol. The van der Waals surface area contributed by atoms with Gasteiger partial charge in [0.25, 0.3) is 0 Å². The first-order valence-electron chi connectivity index (χ1n) is 5.88. The molecule has 0 atom stereocenters. The van der Waals surface area contributed by atoms with Gasteiger partial charge in [-0.1, -0.05) is 29.8 Å². The molecule has 0 radical (unpaired) electrons. The molecule has 1 amide bonds. The van der Waals surface area contributed by atoms with Crippen LogP contribution in [0.4, 0.5) is 0 Å². The smallest absolute Gasteiger partial charge is 0.236 e. The molecule has 0 saturated heterocycles. The number of benzene rings is 1. The van der Waals surface area contributed by atoms with E-state index in [0.29, 0.717) is 19.1 Å². The quantitative estimate of drug-likeness (QED) is 0.870. The Morgan fingerprint density at radius 3 is 2.82 bits per heavy atom. The normalized spacial score (nSPS) is 14.7. The molecular formula is C13H17ClN2O. The van der Waals surface area contributed by atoms with E-state index in [1.165, 1.54) is 0 Å². The van der Waals surface area contributed by atoms with Crippen LogP contribution in [0.5, 0.6) is 0 Å². The summed E-state index contributed by atoms with van der Waals surface area (Å²) in [5, 5.41) is 3.87. The lowest BCUT2D eigenvalue weighted by Crippen LogP contribution is -2.36. The van der Waals surface area contributed by atoms with Crippen molar-refractivity contribution in [2.24, 2.45) is 0 Å². The van der Waals surface area contributed by atoms with E-state index in [1.54, 1.807) is 0 Å². The summed E-state index contributed by atoms with van der Waals surface area (Å²) >= 11 is 6.03. The summed E-state index contributed by atoms with van der Waals surface area (Å²) in [7, 11) is 1.87. The van der Waals surface area contributed by atoms with Crippen LogP contribution in [0, 0.1) is 0 Å². The van der Waals surface area contributed by atoms with Crippen LogP contribution in [0.2, 0.25) is 5.02 Å². The second-order valence-corrected chi connectivity index (χ2v) is 4.84. The van der Waals surface area contributed by atoms with E-state index >= 15 is 0 Å². The number of carbonyl (C=O) groups excluding carboxylic acids is 1. The highest BCUT2D eigenvalue weighted by Gasteiger charge is 2.28. The fraction of sp³-hybridized carbons (Fsp3) is 0.462. The van der Waals surface area contributed by atoms with E-state index in [0.717, 1.165) is 23.4 Å². The summed E-state index contributed by atoms with van der Waals surface area (Å²) in [5.41, 5.74) is 1.02. The monoisotopic (exact) mass is 252 g/mol. The summed E-state index contributed by atoms with van der Waals surface area (Å²) in [5.74, 6) is 0.152. The molecule has 0 heterocycles. The number of hydrogen-bond acceptors (Lipinski definition) is 2. The number of nitrogens with one attached hydrogen (secondary N) is 1. The highest BCUT2D eigenvalue weighted by atomic mass is 35.5. The first kappa shape index (κ1) is 12.4. The van der Waals surface area contributed by atoms with Crippen LogP contribution in [0.25, 0.3) is 0 Å². The maximum atomic E-state index is 11.7. The van der Waals surface area contributed by atoms with Crippen molar-refractivity contribution in [3.8, 4) is 0 Å². The SMILES string of the molecule is CN(C(=O)CNCc1ccccc1Cl)C1CC1. The van der Waals surface area contributed by atoms with Crippen molar-refractivity contribution in [3.05, 3.63) is 34.9 Å². The van der Waals surface area contributed by atoms with Gasteiger partial charge in [0, 0.05) is 24.7 Å². The Balaban J connectivity index is 1.75. The third-order valence-corrected chi connectivity index (χ3v) is 3.41. The molecule has 1 N–H and O–H groups in total. The topological polar surface area (TPSA) is 32.3 Å². The zero-order valence-electron chi connectivity index (χ0n) is 9.95. The molecule has 0 aromatic heterocycles. The minimum absolute atomic E-state index is 0.152. The molecule has 0 aliphatic heterocycles. The summed E-state index contributed by atoms with van der Waals surface area (Å²) in [6.45, 7) is 1.00. The van der Waals surface area contributed by atoms with Gasteiger partial charge in [-0.2, -0.15) is 0 Å². The van der Waals surface area contributed by atoms with E-state index in [2.05, 4.69) is 5.32 Å². The molecule has 4 heteroatoms. The summed E-state index contributed by atoms with van der Waals surface area (Å²) < 4.78 is 0. The Bertz CT molecular complexity index is 404. The second kappa shape index (κ2) is 5.52. The number of nitrogens with zero attached hydrogens (tertiary/aromatic N) is 1. The second-order valence-electron chi connectivity index (χ2n) is 4.43. The molecule has 1 aromatic carbocycles. The van der Waals surface area contributed by atoms with E-state index in [9.17, 15) is 4.79 Å². The fourth-order valence-corrected chi connectivity index (χ4v) is 1.94. The minimum Gasteiger partial charge on any atom is -0.342 e. The van der Waals surface area contributed by atoms with Gasteiger partial charge in [0.15, 0.2) is 0 Å². The van der Waals surface area contributed by atoms with Crippen LogP contribution >= 0.6 is 11.6 Å². The Labute approximate surface area is 107 Å². The van der Waals surface area contributed by atoms with Gasteiger partial charge in [-0.05, 0) is 24.5 Å². The van der Waals surface area contributed by atoms with Crippen molar-refractivity contribution in [2.75, 3.05) is 13.6 Å². The van der Waals surface area contributed by atoms with Crippen molar-refractivity contribution >= 4 is 17.5 Å². The lowest BCUT2D eigenvalue weighted by atomic mass is 10.2. The third-order valence-electron chi connectivity index (χ3n) is 3.04. The standard InChI is InChI=1S/C13H17ClN2O/c1-16(11-6-7-11)13(17)9-15-8-10-4-2-3-5-12(10)14/h2-5,11,15H,6-9H2,1H3. The van der Waals surface area contributed by atoms with Crippen molar-refractivity contribution in [3.63, 3.8) is 0 Å². The molecule has 0 spiro atoms. The molecule has 2 rings (SSSR count). The minimum atomic E-state index is 0.152. The van der Waals surface area contributed by atoms with Crippen LogP contribution in [0.3, 0.4) is 0 Å². The van der Waals surface area contributed by atoms with Crippen LogP contribution < -0.4 is 5.32 Å². The van der Waals surface area contributed by atoms with Crippen molar-refractivity contribution in [1.82, 2.24) is 10.2 Å². The molecule has 0 unspecified atom stereocenters. The Hall–Kier alpha value is -1.06. The zero-order valence-corrected chi connectivity index (χ0v) is 10.7. The van der Waals surface area contributed by atoms with Crippen LogP contribution in [0.15, 0.2) is 24.3 Å². The van der Waals surface area contributed by atoms with Crippen molar-refractivity contribution < 1.29 is 4.79 Å². The maximum absolute atomic E-state index is 11.7. The van der Waals surface area contributed by atoms with Gasteiger partial charge < -0.3 is 10.2 Å². The molecule has 0 bridgehead atoms. The largest absolute Gasteiger partial charge is 0.342 e. The molecular weight excluding hydrogens is 236 g/mol. The number of hydrogen-bond donors (Lipinski definition) is 1. The molecule has 1 aliphatic carbocycles. The molecule has 1 saturated carbocycles. The lowest BCUT2D eigenvalue weighted by Gasteiger charge is -2.16. The Morgan fingerprint density at radius 2 is 2.18 bits per heavy atom. The first-order valence-corrected chi connectivity index (χ1v) is 6.26. The van der Waals surface area contributed by atoms with E-state index < -0.39 is 0 Å². The number of rotatable bonds is 5. The maximum Gasteiger partial charge on any atom is 0.236 e. The highest BCUT2D eigenvalue weighted by Crippen LogP contribution is 2.25. The number of carbonyl (C=O) groups is 1. The molecule has 92 valence electrons. The third kappa shape index (κ3) is 3.45. The van der Waals surface area contributed by atoms with Gasteiger partial charge in [0.2, 0.25) is 5.91 Å². The summed E-state index contributed by atoms with van der Waals surface area (Å²) in [6, 6.07) is 8.14. The van der Waals surface area contributed by atoms with E-state index in [4.69, 9.17) is 11.6 Å². The Morgan fingerprint density at radius 1 is 1.47 bits per heavy atom. The van der Waals surface area contributed by atoms with E-state index in [1.807, 2.05) is 36.2 Å². The predicted octanol–water partition coefficient (Wildman–Crippen LogP) is 2.05. The van der Waals surface area contributed by atoms with Gasteiger partial charge in [0.1, 0.15) is 0 Å². The van der Waals surface area contributed by atoms with Gasteiger partial charge >= 0.3 is 0 Å². The molecule has 1 aromatic rings. The van der Waals surface area contributed by atoms with Gasteiger partial charge in [-0.15, -0.1) is 0 Å². The fourth-order valence-electron chi connectivity index (χ4n) is 1.74. The first-order chi connectivity index (χ1) is 8.18. The average Bonchev–Trinajstić information content (AvgIpc) is 3.14.